The van der Waals surface area contributed by atoms with Crippen molar-refractivity contribution in [1.82, 2.24) is 0 Å². The van der Waals surface area contributed by atoms with Crippen molar-refractivity contribution in [2.75, 3.05) is 5.32 Å². The average Bonchev–Trinajstić information content (AvgIpc) is 3.04. The number of hydrogen-bond donors (Lipinski definition) is 1. The fourth-order valence-electron chi connectivity index (χ4n) is 3.94. The lowest BCUT2D eigenvalue weighted by Gasteiger charge is -2.39. The molecule has 0 aromatic heterocycles. The predicted octanol–water partition coefficient (Wildman–Crippen LogP) is 5.46. The molecule has 8 heteroatoms. The van der Waals surface area contributed by atoms with Crippen molar-refractivity contribution in [1.29, 1.82) is 0 Å². The number of hydrogen-bond acceptors (Lipinski definition) is 4. The predicted molar refractivity (Wildman–Crippen MR) is 100 cm³/mol. The summed E-state index contributed by atoms with van der Waals surface area (Å²) in [5, 5.41) is 28.1. The van der Waals surface area contributed by atoms with Gasteiger partial charge in [0.25, 0.3) is 5.69 Å². The highest BCUT2D eigenvalue weighted by molar-refractivity contribution is 6.35. The van der Waals surface area contributed by atoms with Gasteiger partial charge in [-0.1, -0.05) is 58.8 Å². The molecular formula is C18H12Cl3N2O3-. The van der Waals surface area contributed by atoms with Crippen molar-refractivity contribution in [3.8, 4) is 5.75 Å². The van der Waals surface area contributed by atoms with Gasteiger partial charge in [-0.05, 0) is 36.1 Å². The minimum Gasteiger partial charge on any atom is -0.871 e. The van der Waals surface area contributed by atoms with Crippen LogP contribution in [-0.4, -0.2) is 4.92 Å². The van der Waals surface area contributed by atoms with E-state index in [2.05, 4.69) is 5.32 Å². The lowest BCUT2D eigenvalue weighted by atomic mass is 9.76. The quantitative estimate of drug-likeness (QED) is 0.405. The molecule has 2 aromatic carbocycles. The zero-order valence-electron chi connectivity index (χ0n) is 13.2. The molecule has 2 aromatic rings. The highest BCUT2D eigenvalue weighted by Crippen LogP contribution is 2.56. The van der Waals surface area contributed by atoms with Crippen LogP contribution in [0.25, 0.3) is 0 Å². The number of nitrogens with one attached hydrogen (secondary N) is 1. The van der Waals surface area contributed by atoms with Crippen molar-refractivity contribution in [3.05, 3.63) is 72.7 Å². The molecule has 26 heavy (non-hydrogen) atoms. The maximum absolute atomic E-state index is 12.5. The van der Waals surface area contributed by atoms with Gasteiger partial charge in [-0.25, -0.2) is 0 Å². The normalized spacial score (nSPS) is 23.3. The number of fused-ring (bicyclic) bond motifs is 3. The Kier molecular flexibility index (Phi) is 4.26. The molecule has 2 aliphatic rings. The Bertz CT molecular complexity index is 961. The molecule has 134 valence electrons. The van der Waals surface area contributed by atoms with Gasteiger partial charge in [-0.2, -0.15) is 0 Å². The molecule has 0 spiro atoms. The van der Waals surface area contributed by atoms with E-state index in [1.807, 2.05) is 18.2 Å². The Morgan fingerprint density at radius 1 is 1.15 bits per heavy atom. The second-order valence-electron chi connectivity index (χ2n) is 6.39. The summed E-state index contributed by atoms with van der Waals surface area (Å²) in [6.45, 7) is 0. The fraction of sp³-hybridized carbons (Fsp3) is 0.222. The molecule has 4 rings (SSSR count). The van der Waals surface area contributed by atoms with Crippen molar-refractivity contribution >= 4 is 46.2 Å². The van der Waals surface area contributed by atoms with Gasteiger partial charge in [0.1, 0.15) is 5.02 Å². The lowest BCUT2D eigenvalue weighted by molar-refractivity contribution is -0.385. The molecule has 0 saturated heterocycles. The minimum atomic E-state index is -0.527. The van der Waals surface area contributed by atoms with Crippen LogP contribution < -0.4 is 10.4 Å². The third-order valence-electron chi connectivity index (χ3n) is 5.01. The van der Waals surface area contributed by atoms with Crippen molar-refractivity contribution in [2.24, 2.45) is 5.92 Å². The molecule has 1 N–H and O–H groups in total. The van der Waals surface area contributed by atoms with Gasteiger partial charge in [0.2, 0.25) is 0 Å². The highest BCUT2D eigenvalue weighted by Gasteiger charge is 2.43. The number of allylic oxidation sites excluding steroid dienone is 2. The summed E-state index contributed by atoms with van der Waals surface area (Å²) >= 11 is 18.4. The van der Waals surface area contributed by atoms with Gasteiger partial charge in [0.15, 0.2) is 0 Å². The first-order valence-corrected chi connectivity index (χ1v) is 9.07. The number of nitrogens with zero attached hydrogens (tertiary/aromatic N) is 1. The zero-order chi connectivity index (χ0) is 18.6. The molecule has 5 nitrogen and oxygen atoms in total. The van der Waals surface area contributed by atoms with E-state index < -0.39 is 4.92 Å². The van der Waals surface area contributed by atoms with E-state index in [0.29, 0.717) is 22.0 Å². The third kappa shape index (κ3) is 2.62. The Morgan fingerprint density at radius 3 is 2.62 bits per heavy atom. The summed E-state index contributed by atoms with van der Waals surface area (Å²) in [5.74, 6) is -0.669. The van der Waals surface area contributed by atoms with Crippen LogP contribution in [0, 0.1) is 16.0 Å². The van der Waals surface area contributed by atoms with E-state index in [0.717, 1.165) is 11.6 Å². The molecular weight excluding hydrogens is 399 g/mol. The number of benzene rings is 2. The fourth-order valence-corrected chi connectivity index (χ4v) is 4.74. The van der Waals surface area contributed by atoms with Gasteiger partial charge in [-0.15, -0.1) is 0 Å². The Balaban J connectivity index is 1.91. The van der Waals surface area contributed by atoms with Crippen molar-refractivity contribution < 1.29 is 10.0 Å². The van der Waals surface area contributed by atoms with Gasteiger partial charge >= 0.3 is 0 Å². The summed E-state index contributed by atoms with van der Waals surface area (Å²) < 4.78 is 0. The number of rotatable bonds is 2. The minimum absolute atomic E-state index is 0.0160. The lowest BCUT2D eigenvalue weighted by Crippen LogP contribution is -2.30. The molecule has 0 saturated carbocycles. The largest absolute Gasteiger partial charge is 0.871 e. The number of nitro benzene ring substituents is 1. The molecule has 0 fully saturated rings. The molecule has 0 amide bonds. The highest BCUT2D eigenvalue weighted by atomic mass is 35.5. The van der Waals surface area contributed by atoms with E-state index in [1.54, 1.807) is 12.1 Å². The van der Waals surface area contributed by atoms with E-state index in [9.17, 15) is 15.2 Å². The van der Waals surface area contributed by atoms with Crippen LogP contribution in [0.3, 0.4) is 0 Å². The maximum Gasteiger partial charge on any atom is 0.293 e. The second-order valence-corrected chi connectivity index (χ2v) is 7.64. The topological polar surface area (TPSA) is 78.2 Å². The summed E-state index contributed by atoms with van der Waals surface area (Å²) in [4.78, 5) is 11.0. The van der Waals surface area contributed by atoms with Crippen LogP contribution in [0.15, 0.2) is 36.4 Å². The summed E-state index contributed by atoms with van der Waals surface area (Å²) in [6, 6.07) is 6.03. The van der Waals surface area contributed by atoms with Crippen LogP contribution in [0.4, 0.5) is 11.4 Å². The molecule has 1 aliphatic heterocycles. The standard InChI is InChI=1S/C18H13Cl3N2O3/c19-8-4-5-11(12(20)6-8)16-10-3-1-2-9(10)15-17(22-16)14(24)7-13(21)18(15)23(25)26/h1-2,4-7,9-10,16,22,24H,3H2/p-1/t9-,10-,16+/m1/s1. The SMILES string of the molecule is O=[N+]([O-])c1c(Cl)cc([O-])c2c1[C@@H]1C=CC[C@H]1[C@@H](c1ccc(Cl)cc1Cl)N2. The van der Waals surface area contributed by atoms with E-state index in [4.69, 9.17) is 34.8 Å². The van der Waals surface area contributed by atoms with Crippen LogP contribution in [0.5, 0.6) is 5.75 Å². The van der Waals surface area contributed by atoms with Gasteiger partial charge in [0, 0.05) is 21.7 Å². The first-order valence-electron chi connectivity index (χ1n) is 7.94. The first kappa shape index (κ1) is 17.5. The number of anilines is 1. The molecule has 0 bridgehead atoms. The smallest absolute Gasteiger partial charge is 0.293 e. The number of nitro groups is 1. The monoisotopic (exact) mass is 409 g/mol. The summed E-state index contributed by atoms with van der Waals surface area (Å²) in [7, 11) is 0. The van der Waals surface area contributed by atoms with Crippen LogP contribution in [-0.2, 0) is 0 Å². The molecule has 0 unspecified atom stereocenters. The molecule has 1 aliphatic carbocycles. The van der Waals surface area contributed by atoms with Crippen LogP contribution >= 0.6 is 34.8 Å². The van der Waals surface area contributed by atoms with Gasteiger partial charge in [-0.3, -0.25) is 10.1 Å². The van der Waals surface area contributed by atoms with Crippen molar-refractivity contribution in [2.45, 2.75) is 18.4 Å². The van der Waals surface area contributed by atoms with Crippen molar-refractivity contribution in [3.63, 3.8) is 0 Å². The van der Waals surface area contributed by atoms with Gasteiger partial charge in [0.05, 0.1) is 16.5 Å². The average molecular weight is 411 g/mol. The van der Waals surface area contributed by atoms with Crippen LogP contribution in [0.1, 0.15) is 29.5 Å². The van der Waals surface area contributed by atoms with Gasteiger partial charge < -0.3 is 10.4 Å². The van der Waals surface area contributed by atoms with Crippen LogP contribution in [0.2, 0.25) is 15.1 Å². The van der Waals surface area contributed by atoms with E-state index >= 15 is 0 Å². The molecule has 0 radical (unpaired) electrons. The van der Waals surface area contributed by atoms with E-state index in [1.165, 1.54) is 0 Å². The number of halogens is 3. The van der Waals surface area contributed by atoms with E-state index in [-0.39, 0.29) is 40.0 Å². The molecule has 3 atom stereocenters. The Labute approximate surface area is 164 Å². The maximum atomic E-state index is 12.5. The first-order chi connectivity index (χ1) is 12.4. The second kappa shape index (κ2) is 6.34. The summed E-state index contributed by atoms with van der Waals surface area (Å²) in [5.41, 5.74) is 1.16. The zero-order valence-corrected chi connectivity index (χ0v) is 15.5. The Hall–Kier alpha value is -1.95. The summed E-state index contributed by atoms with van der Waals surface area (Å²) in [6.07, 6.45) is 4.58. The molecule has 1 heterocycles. The third-order valence-corrected chi connectivity index (χ3v) is 5.86. The Morgan fingerprint density at radius 2 is 1.92 bits per heavy atom.